The van der Waals surface area contributed by atoms with Crippen molar-refractivity contribution >= 4 is 23.4 Å². The molecule has 0 aromatic heterocycles. The van der Waals surface area contributed by atoms with Crippen LogP contribution in [0.25, 0.3) is 0 Å². The number of anilines is 2. The van der Waals surface area contributed by atoms with E-state index in [1.165, 1.54) is 0 Å². The van der Waals surface area contributed by atoms with Crippen LogP contribution >= 0.6 is 0 Å². The summed E-state index contributed by atoms with van der Waals surface area (Å²) in [5, 5.41) is 5.33. The van der Waals surface area contributed by atoms with Gasteiger partial charge in [-0.3, -0.25) is 10.1 Å². The Balaban J connectivity index is 2.58. The molecule has 0 bridgehead atoms. The number of ether oxygens (including phenoxy) is 1. The second kappa shape index (κ2) is 8.26. The Kier molecular flexibility index (Phi) is 6.68. The molecule has 21 heavy (non-hydrogen) atoms. The van der Waals surface area contributed by atoms with E-state index in [9.17, 15) is 9.59 Å². The first kappa shape index (κ1) is 17.0. The SMILES string of the molecule is CCOC(=O)Nc1ccc(NC(=O)C(N)C(C)CC)cc1. The maximum Gasteiger partial charge on any atom is 0.411 e. The van der Waals surface area contributed by atoms with Gasteiger partial charge in [-0.05, 0) is 37.1 Å². The molecular weight excluding hydrogens is 270 g/mol. The van der Waals surface area contributed by atoms with Gasteiger partial charge in [0.15, 0.2) is 0 Å². The summed E-state index contributed by atoms with van der Waals surface area (Å²) in [5.41, 5.74) is 7.09. The zero-order valence-electron chi connectivity index (χ0n) is 12.7. The molecule has 2 atom stereocenters. The molecule has 0 fully saturated rings. The highest BCUT2D eigenvalue weighted by Gasteiger charge is 2.19. The van der Waals surface area contributed by atoms with Crippen molar-refractivity contribution in [1.82, 2.24) is 0 Å². The fraction of sp³-hybridized carbons (Fsp3) is 0.467. The van der Waals surface area contributed by atoms with Gasteiger partial charge >= 0.3 is 6.09 Å². The van der Waals surface area contributed by atoms with Crippen LogP contribution in [0.15, 0.2) is 24.3 Å². The Morgan fingerprint density at radius 2 is 1.67 bits per heavy atom. The monoisotopic (exact) mass is 293 g/mol. The Hall–Kier alpha value is -2.08. The second-order valence-electron chi connectivity index (χ2n) is 4.82. The largest absolute Gasteiger partial charge is 0.450 e. The van der Waals surface area contributed by atoms with Gasteiger partial charge in [0, 0.05) is 11.4 Å². The lowest BCUT2D eigenvalue weighted by Crippen LogP contribution is -2.40. The molecule has 6 heteroatoms. The smallest absolute Gasteiger partial charge is 0.411 e. The minimum atomic E-state index is -0.535. The van der Waals surface area contributed by atoms with E-state index >= 15 is 0 Å². The zero-order chi connectivity index (χ0) is 15.8. The summed E-state index contributed by atoms with van der Waals surface area (Å²) in [6.07, 6.45) is 0.338. The molecule has 2 unspecified atom stereocenters. The molecule has 0 aliphatic carbocycles. The van der Waals surface area contributed by atoms with E-state index < -0.39 is 12.1 Å². The molecule has 0 radical (unpaired) electrons. The fourth-order valence-electron chi connectivity index (χ4n) is 1.66. The van der Waals surface area contributed by atoms with Crippen LogP contribution in [0.3, 0.4) is 0 Å². The van der Waals surface area contributed by atoms with Gasteiger partial charge in [-0.15, -0.1) is 0 Å². The van der Waals surface area contributed by atoms with Gasteiger partial charge in [0.05, 0.1) is 12.6 Å². The molecule has 1 rings (SSSR count). The van der Waals surface area contributed by atoms with Gasteiger partial charge in [0.25, 0.3) is 0 Å². The van der Waals surface area contributed by atoms with Crippen LogP contribution < -0.4 is 16.4 Å². The topological polar surface area (TPSA) is 93.5 Å². The van der Waals surface area contributed by atoms with E-state index in [4.69, 9.17) is 10.5 Å². The highest BCUT2D eigenvalue weighted by molar-refractivity contribution is 5.95. The lowest BCUT2D eigenvalue weighted by molar-refractivity contribution is -0.118. The third kappa shape index (κ3) is 5.43. The average Bonchev–Trinajstić information content (AvgIpc) is 2.47. The maximum absolute atomic E-state index is 11.9. The number of carbonyl (C=O) groups is 2. The molecule has 0 spiro atoms. The Morgan fingerprint density at radius 1 is 1.14 bits per heavy atom. The summed E-state index contributed by atoms with van der Waals surface area (Å²) in [6.45, 7) is 5.98. The number of amides is 2. The van der Waals surface area contributed by atoms with Crippen molar-refractivity contribution in [3.63, 3.8) is 0 Å². The maximum atomic E-state index is 11.9. The van der Waals surface area contributed by atoms with Crippen LogP contribution in [0.4, 0.5) is 16.2 Å². The molecular formula is C15H23N3O3. The van der Waals surface area contributed by atoms with Crippen LogP contribution in [0.2, 0.25) is 0 Å². The minimum Gasteiger partial charge on any atom is -0.450 e. The van der Waals surface area contributed by atoms with Crippen molar-refractivity contribution in [2.45, 2.75) is 33.2 Å². The van der Waals surface area contributed by atoms with Crippen molar-refractivity contribution < 1.29 is 14.3 Å². The summed E-state index contributed by atoms with van der Waals surface area (Å²) in [6, 6.07) is 6.22. The van der Waals surface area contributed by atoms with E-state index in [0.29, 0.717) is 18.0 Å². The molecule has 2 amide bonds. The normalized spacial score (nSPS) is 13.1. The molecule has 1 aromatic carbocycles. The summed E-state index contributed by atoms with van der Waals surface area (Å²) < 4.78 is 4.77. The third-order valence-electron chi connectivity index (χ3n) is 3.23. The first-order valence-electron chi connectivity index (χ1n) is 7.08. The van der Waals surface area contributed by atoms with Gasteiger partial charge in [0.2, 0.25) is 5.91 Å². The summed E-state index contributed by atoms with van der Waals surface area (Å²) in [5.74, 6) is -0.0924. The van der Waals surface area contributed by atoms with Crippen LogP contribution in [0.5, 0.6) is 0 Å². The van der Waals surface area contributed by atoms with Crippen LogP contribution in [-0.4, -0.2) is 24.6 Å². The number of nitrogens with one attached hydrogen (secondary N) is 2. The van der Waals surface area contributed by atoms with Gasteiger partial charge < -0.3 is 15.8 Å². The molecule has 0 saturated carbocycles. The van der Waals surface area contributed by atoms with Crippen molar-refractivity contribution in [3.8, 4) is 0 Å². The van der Waals surface area contributed by atoms with Gasteiger partial charge in [0.1, 0.15) is 0 Å². The van der Waals surface area contributed by atoms with Crippen LogP contribution in [-0.2, 0) is 9.53 Å². The Morgan fingerprint density at radius 3 is 2.14 bits per heavy atom. The predicted molar refractivity (Wildman–Crippen MR) is 83.1 cm³/mol. The molecule has 0 heterocycles. The first-order valence-corrected chi connectivity index (χ1v) is 7.08. The standard InChI is InChI=1S/C15H23N3O3/c1-4-10(3)13(16)14(19)17-11-6-8-12(9-7-11)18-15(20)21-5-2/h6-10,13H,4-5,16H2,1-3H3,(H,17,19)(H,18,20). The molecule has 0 aliphatic heterocycles. The van der Waals surface area contributed by atoms with E-state index in [0.717, 1.165) is 6.42 Å². The lowest BCUT2D eigenvalue weighted by Gasteiger charge is -2.17. The molecule has 116 valence electrons. The van der Waals surface area contributed by atoms with Crippen molar-refractivity contribution in [2.24, 2.45) is 11.7 Å². The van der Waals surface area contributed by atoms with Gasteiger partial charge in [-0.25, -0.2) is 4.79 Å². The van der Waals surface area contributed by atoms with Crippen LogP contribution in [0, 0.1) is 5.92 Å². The number of hydrogen-bond donors (Lipinski definition) is 3. The number of nitrogens with two attached hydrogens (primary N) is 1. The zero-order valence-corrected chi connectivity index (χ0v) is 12.7. The minimum absolute atomic E-state index is 0.120. The van der Waals surface area contributed by atoms with Gasteiger partial charge in [-0.2, -0.15) is 0 Å². The lowest BCUT2D eigenvalue weighted by atomic mass is 9.99. The fourth-order valence-corrected chi connectivity index (χ4v) is 1.66. The summed E-state index contributed by atoms with van der Waals surface area (Å²) in [7, 11) is 0. The summed E-state index contributed by atoms with van der Waals surface area (Å²) in [4.78, 5) is 23.2. The predicted octanol–water partition coefficient (Wildman–Crippen LogP) is 2.57. The Labute approximate surface area is 125 Å². The van der Waals surface area contributed by atoms with E-state index in [2.05, 4.69) is 10.6 Å². The van der Waals surface area contributed by atoms with Crippen LogP contribution in [0.1, 0.15) is 27.2 Å². The number of rotatable bonds is 6. The number of hydrogen-bond acceptors (Lipinski definition) is 4. The van der Waals surface area contributed by atoms with E-state index in [1.54, 1.807) is 31.2 Å². The number of carbonyl (C=O) groups excluding carboxylic acids is 2. The molecule has 0 saturated heterocycles. The van der Waals surface area contributed by atoms with Crippen molar-refractivity contribution in [2.75, 3.05) is 17.2 Å². The molecule has 0 aliphatic rings. The highest BCUT2D eigenvalue weighted by atomic mass is 16.5. The number of benzene rings is 1. The average molecular weight is 293 g/mol. The van der Waals surface area contributed by atoms with E-state index in [-0.39, 0.29) is 11.8 Å². The molecule has 6 nitrogen and oxygen atoms in total. The Bertz CT molecular complexity index is 474. The third-order valence-corrected chi connectivity index (χ3v) is 3.23. The highest BCUT2D eigenvalue weighted by Crippen LogP contribution is 2.15. The molecule has 1 aromatic rings. The quantitative estimate of drug-likeness (QED) is 0.751. The van der Waals surface area contributed by atoms with Crippen molar-refractivity contribution in [3.05, 3.63) is 24.3 Å². The van der Waals surface area contributed by atoms with Gasteiger partial charge in [-0.1, -0.05) is 20.3 Å². The van der Waals surface area contributed by atoms with E-state index in [1.807, 2.05) is 13.8 Å². The first-order chi connectivity index (χ1) is 9.97. The van der Waals surface area contributed by atoms with Crippen molar-refractivity contribution in [1.29, 1.82) is 0 Å². The molecule has 4 N–H and O–H groups in total. The second-order valence-corrected chi connectivity index (χ2v) is 4.82. The summed E-state index contributed by atoms with van der Waals surface area (Å²) >= 11 is 0.